The summed E-state index contributed by atoms with van der Waals surface area (Å²) in [5, 5.41) is 8.82. The second-order valence-electron chi connectivity index (χ2n) is 13.6. The fraction of sp³-hybridized carbons (Fsp3) is 0.196. The molecule has 63 heavy (non-hydrogen) atoms. The summed E-state index contributed by atoms with van der Waals surface area (Å²) in [7, 11) is 0. The molecule has 5 N–H and O–H groups in total. The number of amides is 4. The molecule has 2 fully saturated rings. The van der Waals surface area contributed by atoms with Crippen molar-refractivity contribution in [2.45, 2.75) is 6.54 Å². The zero-order chi connectivity index (χ0) is 42.8. The van der Waals surface area contributed by atoms with E-state index in [4.69, 9.17) is 20.2 Å². The van der Waals surface area contributed by atoms with Crippen LogP contribution >= 0.6 is 0 Å². The van der Waals surface area contributed by atoms with Gasteiger partial charge in [-0.25, -0.2) is 23.4 Å². The van der Waals surface area contributed by atoms with Crippen LogP contribution in [0.3, 0.4) is 0 Å². The van der Waals surface area contributed by atoms with Crippen LogP contribution in [0.25, 0.3) is 22.5 Å². The van der Waals surface area contributed by atoms with Crippen LogP contribution in [0.15, 0.2) is 133 Å². The topological polar surface area (TPSA) is 164 Å². The SMILES string of the molecule is NCCN1CCNC1=O.O=C1NCCN1CCNCc1cccc(-c2ccc(Oc3ccc(F)cc3)cc2)n1.O=Cc1cccc(-c2ccc(Oc3ccc(F)cc3)cc2)n1.[B].[H-].[Na+]. The van der Waals surface area contributed by atoms with Gasteiger partial charge >= 0.3 is 41.6 Å². The third kappa shape index (κ3) is 15.6. The summed E-state index contributed by atoms with van der Waals surface area (Å²) in [6.07, 6.45) is 0.718. The second kappa shape index (κ2) is 25.7. The fourth-order valence-corrected chi connectivity index (χ4v) is 6.12. The normalized spacial score (nSPS) is 12.6. The molecule has 2 saturated heterocycles. The number of carbonyl (C=O) groups excluding carboxylic acids is 3. The number of pyridine rings is 2. The smallest absolute Gasteiger partial charge is 1.00 e. The van der Waals surface area contributed by atoms with E-state index in [-0.39, 0.29) is 63.1 Å². The Labute approximate surface area is 390 Å². The van der Waals surface area contributed by atoms with Crippen LogP contribution in [0.2, 0.25) is 0 Å². The van der Waals surface area contributed by atoms with Gasteiger partial charge in [0.15, 0.2) is 6.29 Å². The quantitative estimate of drug-likeness (QED) is 0.0721. The number of carbonyl (C=O) groups is 3. The molecule has 17 heteroatoms. The molecule has 0 saturated carbocycles. The zero-order valence-electron chi connectivity index (χ0n) is 35.9. The Hall–Kier alpha value is -6.17. The van der Waals surface area contributed by atoms with Gasteiger partial charge in [-0.3, -0.25) is 9.78 Å². The monoisotopic (exact) mass is 863 g/mol. The maximum Gasteiger partial charge on any atom is 1.00 e. The van der Waals surface area contributed by atoms with E-state index in [0.29, 0.717) is 54.9 Å². The van der Waals surface area contributed by atoms with Gasteiger partial charge in [0, 0.05) is 78.4 Å². The first-order valence-electron chi connectivity index (χ1n) is 19.7. The van der Waals surface area contributed by atoms with Crippen molar-refractivity contribution in [2.24, 2.45) is 5.73 Å². The minimum Gasteiger partial charge on any atom is -1.00 e. The van der Waals surface area contributed by atoms with Crippen molar-refractivity contribution in [3.8, 4) is 45.5 Å². The molecule has 319 valence electrons. The maximum absolute atomic E-state index is 13.0. The standard InChI is InChI=1S/C23H23FN4O2.C18H12FNO2.C5H11N3O.B.Na.H/c24-18-6-10-21(11-7-18)30-20-8-4-17(5-9-20)22-3-1-2-19(27-22)16-25-12-14-28-15-13-26-23(28)29;19-14-6-10-17(11-7-14)22-16-8-4-13(5-9-16)18-3-1-2-15(12-21)20-18;6-1-3-8-4-2-7-5(8)9;;;/h1-11,25H,12-16H2,(H,26,29);1-12H;1-4,6H2,(H,7,9);;;/q;;;;+1;-1. The summed E-state index contributed by atoms with van der Waals surface area (Å²) >= 11 is 0. The number of aromatic nitrogens is 2. The molecule has 0 atom stereocenters. The van der Waals surface area contributed by atoms with E-state index in [1.54, 1.807) is 58.3 Å². The Bertz CT molecular complexity index is 2360. The summed E-state index contributed by atoms with van der Waals surface area (Å²) in [5.74, 6) is 1.87. The van der Waals surface area contributed by atoms with Gasteiger partial charge in [-0.05, 0) is 121 Å². The molecule has 6 aromatic rings. The molecule has 0 spiro atoms. The van der Waals surface area contributed by atoms with Crippen molar-refractivity contribution >= 4 is 26.8 Å². The summed E-state index contributed by atoms with van der Waals surface area (Å²) in [4.78, 5) is 45.5. The van der Waals surface area contributed by atoms with E-state index in [0.717, 1.165) is 67.2 Å². The number of benzene rings is 4. The molecule has 0 unspecified atom stereocenters. The Morgan fingerprint density at radius 3 is 1.54 bits per heavy atom. The molecule has 4 amide bonds. The second-order valence-corrected chi connectivity index (χ2v) is 13.6. The number of hydrogen-bond donors (Lipinski definition) is 4. The van der Waals surface area contributed by atoms with Gasteiger partial charge in [0.1, 0.15) is 40.3 Å². The minimum absolute atomic E-state index is 0. The number of rotatable bonds is 14. The van der Waals surface area contributed by atoms with Crippen molar-refractivity contribution < 1.29 is 63.6 Å². The number of aldehydes is 1. The average Bonchev–Trinajstić information content (AvgIpc) is 3.91. The largest absolute Gasteiger partial charge is 1.00 e. The summed E-state index contributed by atoms with van der Waals surface area (Å²) in [6, 6.07) is 37.9. The summed E-state index contributed by atoms with van der Waals surface area (Å²) < 4.78 is 37.2. The molecule has 0 bridgehead atoms. The van der Waals surface area contributed by atoms with E-state index in [2.05, 4.69) is 20.9 Å². The summed E-state index contributed by atoms with van der Waals surface area (Å²) in [5.41, 5.74) is 10.0. The Kier molecular flexibility index (Phi) is 20.2. The van der Waals surface area contributed by atoms with Gasteiger partial charge in [-0.2, -0.15) is 0 Å². The first-order chi connectivity index (χ1) is 29.8. The van der Waals surface area contributed by atoms with Crippen LogP contribution in [0.4, 0.5) is 18.4 Å². The average molecular weight is 864 g/mol. The van der Waals surface area contributed by atoms with Gasteiger partial charge < -0.3 is 42.4 Å². The number of halogens is 2. The Balaban J connectivity index is 0.000000281. The Morgan fingerprint density at radius 1 is 0.651 bits per heavy atom. The molecule has 0 aliphatic carbocycles. The van der Waals surface area contributed by atoms with Crippen LogP contribution in [0.5, 0.6) is 23.0 Å². The van der Waals surface area contributed by atoms with Crippen LogP contribution < -0.4 is 60.7 Å². The molecule has 2 aromatic heterocycles. The van der Waals surface area contributed by atoms with Crippen molar-refractivity contribution in [1.82, 2.24) is 35.7 Å². The number of ether oxygens (including phenoxy) is 2. The van der Waals surface area contributed by atoms with Crippen LogP contribution in [0.1, 0.15) is 17.6 Å². The molecule has 3 radical (unpaired) electrons. The van der Waals surface area contributed by atoms with Gasteiger partial charge in [-0.15, -0.1) is 0 Å². The molecule has 13 nitrogen and oxygen atoms in total. The molecule has 4 aromatic carbocycles. The van der Waals surface area contributed by atoms with Gasteiger partial charge in [0.2, 0.25) is 0 Å². The first-order valence-corrected chi connectivity index (χ1v) is 19.7. The predicted molar refractivity (Wildman–Crippen MR) is 235 cm³/mol. The van der Waals surface area contributed by atoms with E-state index >= 15 is 0 Å². The molecule has 2 aliphatic rings. The zero-order valence-corrected chi connectivity index (χ0v) is 36.9. The van der Waals surface area contributed by atoms with E-state index < -0.39 is 0 Å². The maximum atomic E-state index is 13.0. The predicted octanol–water partition coefficient (Wildman–Crippen LogP) is 3.99. The third-order valence-corrected chi connectivity index (χ3v) is 9.25. The van der Waals surface area contributed by atoms with Crippen molar-refractivity contribution in [2.75, 3.05) is 52.4 Å². The van der Waals surface area contributed by atoms with Crippen molar-refractivity contribution in [3.05, 3.63) is 156 Å². The number of hydrogen-bond acceptors (Lipinski definition) is 9. The number of nitrogens with zero attached hydrogens (tertiary/aromatic N) is 4. The molecular weight excluding hydrogens is 816 g/mol. The van der Waals surface area contributed by atoms with E-state index in [1.807, 2.05) is 60.7 Å². The fourth-order valence-electron chi connectivity index (χ4n) is 6.12. The van der Waals surface area contributed by atoms with Crippen LogP contribution in [-0.2, 0) is 6.54 Å². The molecule has 2 aliphatic heterocycles. The van der Waals surface area contributed by atoms with Gasteiger partial charge in [-0.1, -0.05) is 12.1 Å². The number of nitrogens with one attached hydrogen (secondary N) is 3. The molecular formula is C46H47BF2N8NaO5. The Morgan fingerprint density at radius 2 is 1.10 bits per heavy atom. The molecule has 4 heterocycles. The van der Waals surface area contributed by atoms with Gasteiger partial charge in [0.25, 0.3) is 0 Å². The number of urea groups is 2. The first kappa shape index (κ1) is 49.5. The minimum atomic E-state index is -0.302. The summed E-state index contributed by atoms with van der Waals surface area (Å²) in [6.45, 7) is 6.30. The molecule has 8 rings (SSSR count). The number of nitrogens with two attached hydrogens (primary N) is 1. The van der Waals surface area contributed by atoms with Gasteiger partial charge in [0.05, 0.1) is 17.1 Å². The van der Waals surface area contributed by atoms with Crippen LogP contribution in [0, 0.1) is 11.6 Å². The van der Waals surface area contributed by atoms with Crippen LogP contribution in [-0.4, -0.2) is 98.9 Å². The third-order valence-electron chi connectivity index (χ3n) is 9.25. The van der Waals surface area contributed by atoms with Crippen molar-refractivity contribution in [3.63, 3.8) is 0 Å². The van der Waals surface area contributed by atoms with E-state index in [9.17, 15) is 23.2 Å². The van der Waals surface area contributed by atoms with E-state index in [1.165, 1.54) is 24.3 Å². The van der Waals surface area contributed by atoms with Crippen molar-refractivity contribution in [1.29, 1.82) is 0 Å².